The van der Waals surface area contributed by atoms with E-state index in [1.54, 1.807) is 0 Å². The molecule has 1 saturated carbocycles. The number of carbonyl (C=O) groups excluding carboxylic acids is 7. The molecule has 290 valence electrons. The molecule has 0 bridgehead atoms. The second-order valence-electron chi connectivity index (χ2n) is 13.7. The molecule has 3 aliphatic rings. The van der Waals surface area contributed by atoms with Gasteiger partial charge in [0.15, 0.2) is 0 Å². The third-order valence-corrected chi connectivity index (χ3v) is 9.24. The van der Waals surface area contributed by atoms with Crippen LogP contribution in [0.5, 0.6) is 0 Å². The number of Topliss-reactive ketones (excluding diaryl/α,β-unsaturated/α-hetero) is 1. The van der Waals surface area contributed by atoms with Crippen LogP contribution in [0, 0.1) is 11.8 Å². The minimum absolute atomic E-state index is 0.0580. The maximum absolute atomic E-state index is 14.2. The molecule has 2 heterocycles. The van der Waals surface area contributed by atoms with Gasteiger partial charge in [-0.3, -0.25) is 33.7 Å². The summed E-state index contributed by atoms with van der Waals surface area (Å²) < 4.78 is 0. The Balaban J connectivity index is 0.00000246. The fourth-order valence-corrected chi connectivity index (χ4v) is 6.54. The molecular formula is C38H66N6O7. The zero-order valence-corrected chi connectivity index (χ0v) is 32.3. The van der Waals surface area contributed by atoms with Crippen LogP contribution in [0.25, 0.3) is 0 Å². The molecule has 4 unspecified atom stereocenters. The van der Waals surface area contributed by atoms with Crippen LogP contribution < -0.4 is 21.3 Å². The SMILES string of the molecule is C=CCNC(=O)C(=O)C(CCC)NC(=O)C1CCCN1C(=O)C(NC(=O)NC(CN1C(=O)CCCC1=O)C(C)C)C1CCCCC1.CC.CCC. The van der Waals surface area contributed by atoms with Gasteiger partial charge in [0.1, 0.15) is 12.1 Å². The van der Waals surface area contributed by atoms with Crippen molar-refractivity contribution in [3.8, 4) is 0 Å². The topological polar surface area (TPSA) is 174 Å². The van der Waals surface area contributed by atoms with Crippen molar-refractivity contribution >= 4 is 41.4 Å². The summed E-state index contributed by atoms with van der Waals surface area (Å²) in [4.78, 5) is 93.8. The molecular weight excluding hydrogens is 652 g/mol. The van der Waals surface area contributed by atoms with E-state index in [1.165, 1.54) is 22.3 Å². The first-order valence-corrected chi connectivity index (χ1v) is 19.3. The number of carbonyl (C=O) groups is 7. The number of rotatable bonds is 15. The van der Waals surface area contributed by atoms with Crippen LogP contribution in [-0.2, 0) is 28.8 Å². The fourth-order valence-electron chi connectivity index (χ4n) is 6.54. The molecule has 51 heavy (non-hydrogen) atoms. The van der Waals surface area contributed by atoms with Gasteiger partial charge in [-0.1, -0.05) is 86.6 Å². The van der Waals surface area contributed by atoms with E-state index in [0.717, 1.165) is 32.1 Å². The summed E-state index contributed by atoms with van der Waals surface area (Å²) in [7, 11) is 0. The molecule has 4 atom stereocenters. The van der Waals surface area contributed by atoms with Gasteiger partial charge >= 0.3 is 6.03 Å². The number of urea groups is 1. The van der Waals surface area contributed by atoms with Crippen molar-refractivity contribution in [2.45, 2.75) is 156 Å². The molecule has 3 rings (SSSR count). The van der Waals surface area contributed by atoms with Crippen molar-refractivity contribution in [3.63, 3.8) is 0 Å². The van der Waals surface area contributed by atoms with Crippen LogP contribution in [0.4, 0.5) is 4.79 Å². The molecule has 3 fully saturated rings. The molecule has 13 nitrogen and oxygen atoms in total. The van der Waals surface area contributed by atoms with E-state index in [4.69, 9.17) is 0 Å². The Morgan fingerprint density at radius 3 is 2.02 bits per heavy atom. The molecule has 7 amide bonds. The smallest absolute Gasteiger partial charge is 0.315 e. The zero-order chi connectivity index (χ0) is 38.5. The lowest BCUT2D eigenvalue weighted by molar-refractivity contribution is -0.148. The minimum atomic E-state index is -1.02. The van der Waals surface area contributed by atoms with Gasteiger partial charge in [0, 0.05) is 32.5 Å². The van der Waals surface area contributed by atoms with E-state index in [1.807, 2.05) is 34.6 Å². The van der Waals surface area contributed by atoms with Crippen LogP contribution in [0.15, 0.2) is 12.7 Å². The third kappa shape index (κ3) is 14.4. The average Bonchev–Trinajstić information content (AvgIpc) is 3.62. The summed E-state index contributed by atoms with van der Waals surface area (Å²) in [5, 5.41) is 11.0. The monoisotopic (exact) mass is 718 g/mol. The number of piperidine rings is 1. The first-order chi connectivity index (χ1) is 24.4. The van der Waals surface area contributed by atoms with Gasteiger partial charge in [0.05, 0.1) is 12.1 Å². The Kier molecular flexibility index (Phi) is 21.7. The van der Waals surface area contributed by atoms with Gasteiger partial charge < -0.3 is 26.2 Å². The molecule has 2 aliphatic heterocycles. The second kappa shape index (κ2) is 24.4. The van der Waals surface area contributed by atoms with E-state index in [0.29, 0.717) is 45.1 Å². The number of hydrogen-bond donors (Lipinski definition) is 4. The quantitative estimate of drug-likeness (QED) is 0.110. The normalized spacial score (nSPS) is 19.3. The lowest BCUT2D eigenvalue weighted by Gasteiger charge is -2.36. The Morgan fingerprint density at radius 1 is 0.863 bits per heavy atom. The number of imide groups is 1. The van der Waals surface area contributed by atoms with E-state index in [-0.39, 0.29) is 49.1 Å². The predicted octanol–water partition coefficient (Wildman–Crippen LogP) is 4.39. The number of amides is 7. The summed E-state index contributed by atoms with van der Waals surface area (Å²) >= 11 is 0. The van der Waals surface area contributed by atoms with Gasteiger partial charge in [-0.05, 0) is 50.4 Å². The van der Waals surface area contributed by atoms with Gasteiger partial charge in [-0.25, -0.2) is 4.79 Å². The highest BCUT2D eigenvalue weighted by atomic mass is 16.2. The molecule has 0 aromatic carbocycles. The highest BCUT2D eigenvalue weighted by Crippen LogP contribution is 2.29. The Morgan fingerprint density at radius 2 is 1.47 bits per heavy atom. The second-order valence-corrected chi connectivity index (χ2v) is 13.7. The molecule has 0 spiro atoms. The van der Waals surface area contributed by atoms with Gasteiger partial charge in [-0.2, -0.15) is 0 Å². The van der Waals surface area contributed by atoms with Gasteiger partial charge in [0.25, 0.3) is 5.91 Å². The van der Waals surface area contributed by atoms with Crippen molar-refractivity contribution in [3.05, 3.63) is 12.7 Å². The summed E-state index contributed by atoms with van der Waals surface area (Å²) in [5.41, 5.74) is 0. The molecule has 0 aromatic rings. The van der Waals surface area contributed by atoms with Crippen molar-refractivity contribution in [1.82, 2.24) is 31.1 Å². The summed E-state index contributed by atoms with van der Waals surface area (Å²) in [5.74, 6) is -3.14. The van der Waals surface area contributed by atoms with Crippen LogP contribution in [0.1, 0.15) is 132 Å². The van der Waals surface area contributed by atoms with Crippen molar-refractivity contribution < 1.29 is 33.6 Å². The summed E-state index contributed by atoms with van der Waals surface area (Å²) in [6.07, 6.45) is 9.99. The molecule has 13 heteroatoms. The van der Waals surface area contributed by atoms with Crippen molar-refractivity contribution in [2.75, 3.05) is 19.6 Å². The highest BCUT2D eigenvalue weighted by Gasteiger charge is 2.42. The van der Waals surface area contributed by atoms with E-state index < -0.39 is 47.8 Å². The molecule has 4 N–H and O–H groups in total. The van der Waals surface area contributed by atoms with Crippen molar-refractivity contribution in [2.24, 2.45) is 11.8 Å². The lowest BCUT2D eigenvalue weighted by atomic mass is 9.83. The van der Waals surface area contributed by atoms with Gasteiger partial charge in [0.2, 0.25) is 29.4 Å². The molecule has 0 radical (unpaired) electrons. The number of nitrogens with one attached hydrogen (secondary N) is 4. The Labute approximate surface area is 305 Å². The van der Waals surface area contributed by atoms with Crippen LogP contribution in [0.2, 0.25) is 0 Å². The zero-order valence-electron chi connectivity index (χ0n) is 32.3. The molecule has 1 aliphatic carbocycles. The standard InChI is InChI=1S/C33H52N6O7.C3H8.C2H6/c1-5-12-23(29(42)31(44)34-18-6-2)35-30(43)25-15-11-19-38(25)32(45)28(22-13-8-7-9-14-22)37-33(46)36-24(21(3)4)20-39-26(40)16-10-17-27(39)41;1-3-2;1-2/h6,21-25,28H,2,5,7-20H2,1,3-4H3,(H,34,44)(H,35,43)(H2,36,37,46);3H2,1-2H3;1-2H3. The summed E-state index contributed by atoms with van der Waals surface area (Å²) in [6, 6.07) is -3.83. The van der Waals surface area contributed by atoms with E-state index >= 15 is 0 Å². The largest absolute Gasteiger partial charge is 0.346 e. The van der Waals surface area contributed by atoms with E-state index in [2.05, 4.69) is 41.7 Å². The first-order valence-electron chi connectivity index (χ1n) is 19.3. The van der Waals surface area contributed by atoms with Crippen LogP contribution in [-0.4, -0.2) is 95.0 Å². The Hall–Kier alpha value is -3.77. The number of nitrogens with zero attached hydrogens (tertiary/aromatic N) is 2. The Bertz CT molecular complexity index is 1150. The van der Waals surface area contributed by atoms with Crippen LogP contribution >= 0.6 is 0 Å². The maximum Gasteiger partial charge on any atom is 0.315 e. The number of ketones is 1. The maximum atomic E-state index is 14.2. The van der Waals surface area contributed by atoms with Gasteiger partial charge in [-0.15, -0.1) is 6.58 Å². The third-order valence-electron chi connectivity index (χ3n) is 9.24. The molecule has 0 aromatic heterocycles. The average molecular weight is 719 g/mol. The summed E-state index contributed by atoms with van der Waals surface area (Å²) in [6.45, 7) is 17.9. The highest BCUT2D eigenvalue weighted by molar-refractivity contribution is 6.38. The fraction of sp³-hybridized carbons (Fsp3) is 0.763. The van der Waals surface area contributed by atoms with E-state index in [9.17, 15) is 33.6 Å². The lowest BCUT2D eigenvalue weighted by Crippen LogP contribution is -2.60. The minimum Gasteiger partial charge on any atom is -0.346 e. The van der Waals surface area contributed by atoms with Crippen molar-refractivity contribution in [1.29, 1.82) is 0 Å². The molecule has 2 saturated heterocycles. The first kappa shape index (κ1) is 45.3. The number of hydrogen-bond acceptors (Lipinski definition) is 7. The number of likely N-dealkylation sites (tertiary alicyclic amines) is 2. The predicted molar refractivity (Wildman–Crippen MR) is 198 cm³/mol. The van der Waals surface area contributed by atoms with Crippen LogP contribution in [0.3, 0.4) is 0 Å².